The highest BCUT2D eigenvalue weighted by atomic mass is 16.5. The topological polar surface area (TPSA) is 122 Å². The molecule has 3 aromatic carbocycles. The Morgan fingerprint density at radius 2 is 1.35 bits per heavy atom. The van der Waals surface area contributed by atoms with Crippen molar-refractivity contribution >= 4 is 17.8 Å². The number of para-hydroxylation sites is 1. The number of rotatable bonds is 12. The van der Waals surface area contributed by atoms with Crippen LogP contribution in [-0.4, -0.2) is 34.1 Å². The fraction of sp³-hybridized carbons (Fsp3) is 0.192. The van der Waals surface area contributed by atoms with Gasteiger partial charge in [-0.1, -0.05) is 66.7 Å². The monoisotopic (exact) mass is 463 g/mol. The Hall–Kier alpha value is -4.33. The van der Waals surface area contributed by atoms with Crippen LogP contribution in [0.1, 0.15) is 34.3 Å². The number of nitrogens with one attached hydrogen (secondary N) is 1. The molecule has 176 valence electrons. The van der Waals surface area contributed by atoms with Crippen molar-refractivity contribution in [2.75, 3.05) is 0 Å². The van der Waals surface area contributed by atoms with Crippen LogP contribution in [0.5, 0.6) is 11.5 Å². The zero-order valence-corrected chi connectivity index (χ0v) is 18.3. The van der Waals surface area contributed by atoms with E-state index < -0.39 is 30.3 Å². The number of carboxylic acid groups (broad SMARTS) is 2. The third-order valence-corrected chi connectivity index (χ3v) is 4.94. The molecule has 0 aliphatic heterocycles. The third kappa shape index (κ3) is 7.09. The fourth-order valence-corrected chi connectivity index (χ4v) is 3.18. The van der Waals surface area contributed by atoms with Gasteiger partial charge < -0.3 is 25.0 Å². The molecule has 3 rings (SSSR count). The molecular formula is C26H25NO7. The van der Waals surface area contributed by atoms with Crippen LogP contribution in [0.4, 0.5) is 0 Å². The summed E-state index contributed by atoms with van der Waals surface area (Å²) in [7, 11) is 0. The Balaban J connectivity index is 1.85. The van der Waals surface area contributed by atoms with E-state index in [0.717, 1.165) is 11.1 Å². The first-order valence-corrected chi connectivity index (χ1v) is 10.7. The lowest BCUT2D eigenvalue weighted by atomic mass is 10.1. The normalized spacial score (nSPS) is 11.3. The second-order valence-electron chi connectivity index (χ2n) is 7.48. The number of amides is 1. The summed E-state index contributed by atoms with van der Waals surface area (Å²) in [5, 5.41) is 20.7. The average Bonchev–Trinajstić information content (AvgIpc) is 2.85. The molecule has 8 nitrogen and oxygen atoms in total. The van der Waals surface area contributed by atoms with Crippen molar-refractivity contribution < 1.29 is 34.1 Å². The Kier molecular flexibility index (Phi) is 8.62. The summed E-state index contributed by atoms with van der Waals surface area (Å²) in [6, 6.07) is 22.2. The van der Waals surface area contributed by atoms with Crippen molar-refractivity contribution in [1.82, 2.24) is 5.32 Å². The van der Waals surface area contributed by atoms with E-state index in [2.05, 4.69) is 5.32 Å². The van der Waals surface area contributed by atoms with Crippen molar-refractivity contribution in [2.24, 2.45) is 0 Å². The summed E-state index contributed by atoms with van der Waals surface area (Å²) in [6.45, 7) is 0.401. The maximum absolute atomic E-state index is 13.0. The van der Waals surface area contributed by atoms with Gasteiger partial charge in [0, 0.05) is 6.42 Å². The Labute approximate surface area is 196 Å². The summed E-state index contributed by atoms with van der Waals surface area (Å²) in [4.78, 5) is 35.4. The van der Waals surface area contributed by atoms with Crippen LogP contribution >= 0.6 is 0 Å². The minimum Gasteiger partial charge on any atom is -0.485 e. The van der Waals surface area contributed by atoms with Gasteiger partial charge >= 0.3 is 11.9 Å². The molecule has 3 N–H and O–H groups in total. The van der Waals surface area contributed by atoms with Gasteiger partial charge in [0.2, 0.25) is 0 Å². The van der Waals surface area contributed by atoms with E-state index in [9.17, 15) is 19.5 Å². The molecule has 0 aliphatic rings. The highest BCUT2D eigenvalue weighted by Gasteiger charge is 2.25. The number of aliphatic carboxylic acids is 2. The molecule has 0 aliphatic carbocycles. The van der Waals surface area contributed by atoms with Crippen LogP contribution in [0.3, 0.4) is 0 Å². The molecule has 0 spiro atoms. The van der Waals surface area contributed by atoms with E-state index in [1.54, 1.807) is 12.1 Å². The van der Waals surface area contributed by atoms with Crippen LogP contribution in [-0.2, 0) is 22.8 Å². The summed E-state index contributed by atoms with van der Waals surface area (Å²) in [5.74, 6) is -2.68. The van der Waals surface area contributed by atoms with Crippen molar-refractivity contribution in [3.05, 3.63) is 95.6 Å². The SMILES string of the molecule is O=C(O)CC[C@@H](NC(=O)c1cccc(OCc2ccccc2)c1OCc1ccccc1)C(=O)O. The smallest absolute Gasteiger partial charge is 0.326 e. The predicted octanol–water partition coefficient (Wildman–Crippen LogP) is 3.89. The van der Waals surface area contributed by atoms with E-state index in [-0.39, 0.29) is 30.9 Å². The lowest BCUT2D eigenvalue weighted by molar-refractivity contribution is -0.140. The molecule has 0 heterocycles. The van der Waals surface area contributed by atoms with E-state index in [4.69, 9.17) is 14.6 Å². The summed E-state index contributed by atoms with van der Waals surface area (Å²) in [5.41, 5.74) is 1.88. The third-order valence-electron chi connectivity index (χ3n) is 4.94. The van der Waals surface area contributed by atoms with E-state index >= 15 is 0 Å². The highest BCUT2D eigenvalue weighted by molar-refractivity contribution is 5.99. The average molecular weight is 463 g/mol. The molecule has 1 atom stereocenters. The minimum atomic E-state index is -1.36. The van der Waals surface area contributed by atoms with Crippen LogP contribution in [0.2, 0.25) is 0 Å². The molecule has 0 bridgehead atoms. The standard InChI is InChI=1S/C26H25NO7/c28-23(29)15-14-21(26(31)32)27-25(30)20-12-7-13-22(33-16-18-8-3-1-4-9-18)24(20)34-17-19-10-5-2-6-11-19/h1-13,21H,14-17H2,(H,27,30)(H,28,29)(H,31,32)/t21-/m1/s1. The van der Waals surface area contributed by atoms with Gasteiger partial charge in [-0.15, -0.1) is 0 Å². The highest BCUT2D eigenvalue weighted by Crippen LogP contribution is 2.33. The number of carboxylic acids is 2. The summed E-state index contributed by atoms with van der Waals surface area (Å²) >= 11 is 0. The molecule has 0 fully saturated rings. The Morgan fingerprint density at radius 1 is 0.765 bits per heavy atom. The molecule has 0 aromatic heterocycles. The van der Waals surface area contributed by atoms with E-state index in [0.29, 0.717) is 5.75 Å². The molecule has 1 amide bonds. The van der Waals surface area contributed by atoms with Gasteiger partial charge in [-0.3, -0.25) is 9.59 Å². The summed E-state index contributed by atoms with van der Waals surface area (Å²) in [6.07, 6.45) is -0.643. The maximum Gasteiger partial charge on any atom is 0.326 e. The first kappa shape index (κ1) is 24.3. The molecule has 34 heavy (non-hydrogen) atoms. The van der Waals surface area contributed by atoms with Gasteiger partial charge in [0.25, 0.3) is 5.91 Å². The zero-order chi connectivity index (χ0) is 24.3. The number of hydrogen-bond donors (Lipinski definition) is 3. The van der Waals surface area contributed by atoms with E-state index in [1.165, 1.54) is 6.07 Å². The lowest BCUT2D eigenvalue weighted by Crippen LogP contribution is -2.41. The number of ether oxygens (including phenoxy) is 2. The fourth-order valence-electron chi connectivity index (χ4n) is 3.18. The number of hydrogen-bond acceptors (Lipinski definition) is 5. The maximum atomic E-state index is 13.0. The second-order valence-corrected chi connectivity index (χ2v) is 7.48. The van der Waals surface area contributed by atoms with Crippen LogP contribution in [0.15, 0.2) is 78.9 Å². The quantitative estimate of drug-likeness (QED) is 0.372. The van der Waals surface area contributed by atoms with Gasteiger partial charge in [-0.2, -0.15) is 0 Å². The van der Waals surface area contributed by atoms with Crippen LogP contribution < -0.4 is 14.8 Å². The van der Waals surface area contributed by atoms with E-state index in [1.807, 2.05) is 60.7 Å². The zero-order valence-electron chi connectivity index (χ0n) is 18.3. The number of benzene rings is 3. The second kappa shape index (κ2) is 12.1. The van der Waals surface area contributed by atoms with Gasteiger partial charge in [-0.25, -0.2) is 4.79 Å². The van der Waals surface area contributed by atoms with Crippen molar-refractivity contribution in [3.8, 4) is 11.5 Å². The molecule has 8 heteroatoms. The molecule has 0 unspecified atom stereocenters. The Morgan fingerprint density at radius 3 is 1.91 bits per heavy atom. The molecule has 0 saturated heterocycles. The Bertz CT molecular complexity index is 1120. The predicted molar refractivity (Wildman–Crippen MR) is 124 cm³/mol. The van der Waals surface area contributed by atoms with Crippen molar-refractivity contribution in [1.29, 1.82) is 0 Å². The van der Waals surface area contributed by atoms with Gasteiger partial charge in [-0.05, 0) is 29.7 Å². The summed E-state index contributed by atoms with van der Waals surface area (Å²) < 4.78 is 11.9. The first-order chi connectivity index (χ1) is 16.4. The largest absolute Gasteiger partial charge is 0.485 e. The van der Waals surface area contributed by atoms with Crippen molar-refractivity contribution in [3.63, 3.8) is 0 Å². The number of carbonyl (C=O) groups excluding carboxylic acids is 1. The van der Waals surface area contributed by atoms with Crippen molar-refractivity contribution in [2.45, 2.75) is 32.1 Å². The molecular weight excluding hydrogens is 438 g/mol. The van der Waals surface area contributed by atoms with Gasteiger partial charge in [0.15, 0.2) is 11.5 Å². The van der Waals surface area contributed by atoms with Gasteiger partial charge in [0.1, 0.15) is 19.3 Å². The molecule has 0 radical (unpaired) electrons. The lowest BCUT2D eigenvalue weighted by Gasteiger charge is -2.18. The molecule has 0 saturated carbocycles. The minimum absolute atomic E-state index is 0.0862. The molecule has 3 aromatic rings. The van der Waals surface area contributed by atoms with Crippen LogP contribution in [0.25, 0.3) is 0 Å². The first-order valence-electron chi connectivity index (χ1n) is 10.7. The van der Waals surface area contributed by atoms with Gasteiger partial charge in [0.05, 0.1) is 5.56 Å². The van der Waals surface area contributed by atoms with Crippen LogP contribution in [0, 0.1) is 0 Å². The number of carbonyl (C=O) groups is 3.